The Kier molecular flexibility index (Phi) is 5.80. The molecule has 1 aliphatic carbocycles. The molecule has 0 saturated carbocycles. The summed E-state index contributed by atoms with van der Waals surface area (Å²) in [6, 6.07) is 5.33. The van der Waals surface area contributed by atoms with Crippen molar-refractivity contribution in [1.82, 2.24) is 19.9 Å². The van der Waals surface area contributed by atoms with Gasteiger partial charge in [0.1, 0.15) is 29.0 Å². The van der Waals surface area contributed by atoms with E-state index in [4.69, 9.17) is 4.98 Å². The zero-order valence-corrected chi connectivity index (χ0v) is 21.5. The molecule has 1 atom stereocenters. The summed E-state index contributed by atoms with van der Waals surface area (Å²) in [5.41, 5.74) is 5.95. The minimum absolute atomic E-state index is 0.0122. The van der Waals surface area contributed by atoms with Crippen molar-refractivity contribution >= 4 is 23.1 Å². The molecule has 0 bridgehead atoms. The number of hydrogen-bond donors (Lipinski definition) is 0. The fraction of sp³-hybridized carbons (Fsp3) is 0.393. The fourth-order valence-corrected chi connectivity index (χ4v) is 7.21. The first-order chi connectivity index (χ1) is 17.9. The second kappa shape index (κ2) is 9.03. The van der Waals surface area contributed by atoms with Crippen LogP contribution < -0.4 is 4.90 Å². The summed E-state index contributed by atoms with van der Waals surface area (Å²) in [5.74, 6) is 0.415. The van der Waals surface area contributed by atoms with E-state index in [0.717, 1.165) is 42.8 Å². The fourth-order valence-electron chi connectivity index (χ4n) is 6.26. The molecule has 0 aromatic carbocycles. The highest BCUT2D eigenvalue weighted by Gasteiger charge is 2.49. The van der Waals surface area contributed by atoms with Crippen molar-refractivity contribution < 1.29 is 9.18 Å². The molecule has 1 spiro atoms. The lowest BCUT2D eigenvalue weighted by Crippen LogP contribution is -2.59. The van der Waals surface area contributed by atoms with Gasteiger partial charge in [0.15, 0.2) is 0 Å². The summed E-state index contributed by atoms with van der Waals surface area (Å²) < 4.78 is 15.1. The molecule has 0 radical (unpaired) electrons. The Morgan fingerprint density at radius 3 is 2.89 bits per heavy atom. The van der Waals surface area contributed by atoms with Crippen molar-refractivity contribution in [2.45, 2.75) is 38.5 Å². The van der Waals surface area contributed by atoms with E-state index in [0.29, 0.717) is 48.9 Å². The normalized spacial score (nSPS) is 19.9. The predicted octanol–water partition coefficient (Wildman–Crippen LogP) is 4.42. The summed E-state index contributed by atoms with van der Waals surface area (Å²) in [6.07, 6.45) is 6.15. The Morgan fingerprint density at radius 1 is 1.35 bits per heavy atom. The lowest BCUT2D eigenvalue weighted by Gasteiger charge is -2.47. The van der Waals surface area contributed by atoms with Crippen LogP contribution in [0.2, 0.25) is 0 Å². The molecule has 7 nitrogen and oxygen atoms in total. The van der Waals surface area contributed by atoms with Crippen molar-refractivity contribution in [2.75, 3.05) is 31.1 Å². The number of halogens is 1. The highest BCUT2D eigenvalue weighted by Crippen LogP contribution is 2.46. The number of aryl methyl sites for hydroxylation is 1. The zero-order chi connectivity index (χ0) is 25.7. The van der Waals surface area contributed by atoms with Gasteiger partial charge in [-0.3, -0.25) is 9.78 Å². The van der Waals surface area contributed by atoms with E-state index in [1.807, 2.05) is 12.4 Å². The van der Waals surface area contributed by atoms with Crippen molar-refractivity contribution in [2.24, 2.45) is 5.41 Å². The van der Waals surface area contributed by atoms with E-state index in [1.165, 1.54) is 17.0 Å². The first kappa shape index (κ1) is 23.7. The van der Waals surface area contributed by atoms with Crippen LogP contribution in [0.1, 0.15) is 46.2 Å². The number of aromatic nitrogens is 3. The number of thiazole rings is 1. The van der Waals surface area contributed by atoms with Crippen LogP contribution in [0.25, 0.3) is 11.3 Å². The molecule has 0 unspecified atom stereocenters. The van der Waals surface area contributed by atoms with Crippen LogP contribution in [0.3, 0.4) is 0 Å². The topological polar surface area (TPSA) is 86.0 Å². The van der Waals surface area contributed by atoms with Crippen LogP contribution in [-0.4, -0.2) is 51.9 Å². The molecule has 188 valence electrons. The van der Waals surface area contributed by atoms with Crippen molar-refractivity contribution in [3.63, 3.8) is 0 Å². The number of hydrogen-bond acceptors (Lipinski definition) is 7. The molecule has 3 aromatic heterocycles. The first-order valence-corrected chi connectivity index (χ1v) is 13.4. The summed E-state index contributed by atoms with van der Waals surface area (Å²) in [5, 5.41) is 10.4. The maximum absolute atomic E-state index is 15.1. The van der Waals surface area contributed by atoms with Crippen LogP contribution in [0.15, 0.2) is 36.5 Å². The number of carbonyl (C=O) groups excluding carboxylic acids is 1. The van der Waals surface area contributed by atoms with E-state index in [2.05, 4.69) is 27.5 Å². The molecule has 3 aromatic rings. The lowest BCUT2D eigenvalue weighted by molar-refractivity contribution is -0.136. The molecule has 9 heteroatoms. The van der Waals surface area contributed by atoms with Crippen molar-refractivity contribution in [1.29, 1.82) is 5.26 Å². The second-order valence-corrected chi connectivity index (χ2v) is 11.3. The average Bonchev–Trinajstić information content (AvgIpc) is 3.53. The maximum Gasteiger partial charge on any atom is 0.245 e. The van der Waals surface area contributed by atoms with Crippen LogP contribution in [-0.2, 0) is 17.6 Å². The zero-order valence-electron chi connectivity index (χ0n) is 20.7. The van der Waals surface area contributed by atoms with Crippen LogP contribution in [0.4, 0.5) is 10.2 Å². The van der Waals surface area contributed by atoms with E-state index in [1.54, 1.807) is 28.5 Å². The van der Waals surface area contributed by atoms with Gasteiger partial charge in [0.2, 0.25) is 5.91 Å². The molecule has 5 heterocycles. The van der Waals surface area contributed by atoms with Crippen LogP contribution in [0.5, 0.6) is 0 Å². The van der Waals surface area contributed by atoms with Gasteiger partial charge >= 0.3 is 0 Å². The standard InChI is InChI=1S/C28H27FN6OS/c1-3-23(36)35-14-28(15-35)8-10-34(13-28)27-20(12-30)24(25-21(29)5-4-9-31-25)19-7-6-18(11-22(19)33-27)26-17(2)32-16-37-26/h3-5,9,16,18H,1,6-8,10-11,13-15H2,2H3/t18-/m1/s1. The number of amides is 1. The Labute approximate surface area is 219 Å². The lowest BCUT2D eigenvalue weighted by atomic mass is 9.79. The Balaban J connectivity index is 1.42. The molecule has 1 amide bonds. The third-order valence-electron chi connectivity index (χ3n) is 8.08. The van der Waals surface area contributed by atoms with Gasteiger partial charge in [0, 0.05) is 59.8 Å². The SMILES string of the molecule is C=CC(=O)N1CC2(CCN(c3nc4c(c(-c5ncccc5F)c3C#N)CC[C@@H](c3scnc3C)C4)C2)C1. The third-order valence-corrected chi connectivity index (χ3v) is 9.18. The number of anilines is 1. The van der Waals surface area contributed by atoms with E-state index < -0.39 is 5.82 Å². The first-order valence-electron chi connectivity index (χ1n) is 12.6. The van der Waals surface area contributed by atoms with Gasteiger partial charge < -0.3 is 9.80 Å². The molecule has 2 aliphatic heterocycles. The predicted molar refractivity (Wildman–Crippen MR) is 140 cm³/mol. The molecular weight excluding hydrogens is 487 g/mol. The summed E-state index contributed by atoms with van der Waals surface area (Å²) in [6.45, 7) is 8.42. The molecule has 2 fully saturated rings. The van der Waals surface area contributed by atoms with Crippen LogP contribution >= 0.6 is 11.3 Å². The summed E-state index contributed by atoms with van der Waals surface area (Å²) in [4.78, 5) is 31.2. The van der Waals surface area contributed by atoms with Crippen molar-refractivity contribution in [3.8, 4) is 17.3 Å². The Bertz CT molecular complexity index is 1450. The van der Waals surface area contributed by atoms with E-state index in [9.17, 15) is 10.1 Å². The van der Waals surface area contributed by atoms with Gasteiger partial charge in [-0.25, -0.2) is 14.4 Å². The third kappa shape index (κ3) is 3.91. The summed E-state index contributed by atoms with van der Waals surface area (Å²) in [7, 11) is 0. The van der Waals surface area contributed by atoms with E-state index in [-0.39, 0.29) is 17.0 Å². The molecule has 37 heavy (non-hydrogen) atoms. The molecule has 0 N–H and O–H groups in total. The maximum atomic E-state index is 15.1. The van der Waals surface area contributed by atoms with Crippen LogP contribution in [0, 0.1) is 29.5 Å². The highest BCUT2D eigenvalue weighted by molar-refractivity contribution is 7.09. The molecule has 3 aliphatic rings. The smallest absolute Gasteiger partial charge is 0.245 e. The molecular formula is C28H27FN6OS. The number of pyridine rings is 2. The minimum Gasteiger partial charge on any atom is -0.355 e. The Morgan fingerprint density at radius 2 is 2.19 bits per heavy atom. The summed E-state index contributed by atoms with van der Waals surface area (Å²) >= 11 is 1.67. The Hall–Kier alpha value is -3.64. The van der Waals surface area contributed by atoms with E-state index >= 15 is 4.39 Å². The van der Waals surface area contributed by atoms with Crippen molar-refractivity contribution in [3.05, 3.63) is 69.7 Å². The molecule has 2 saturated heterocycles. The number of rotatable bonds is 4. The van der Waals surface area contributed by atoms with Gasteiger partial charge in [0.05, 0.1) is 11.2 Å². The van der Waals surface area contributed by atoms with Gasteiger partial charge in [0.25, 0.3) is 0 Å². The second-order valence-electron chi connectivity index (χ2n) is 10.4. The number of carbonyl (C=O) groups is 1. The number of likely N-dealkylation sites (tertiary alicyclic amines) is 1. The van der Waals surface area contributed by atoms with Gasteiger partial charge in [-0.2, -0.15) is 5.26 Å². The molecule has 6 rings (SSSR count). The average molecular weight is 515 g/mol. The highest BCUT2D eigenvalue weighted by atomic mass is 32.1. The quantitative estimate of drug-likeness (QED) is 0.479. The number of fused-ring (bicyclic) bond motifs is 1. The number of nitriles is 1. The largest absolute Gasteiger partial charge is 0.355 e. The minimum atomic E-state index is -0.436. The van der Waals surface area contributed by atoms with Gasteiger partial charge in [-0.15, -0.1) is 11.3 Å². The number of nitrogens with zero attached hydrogens (tertiary/aromatic N) is 6. The van der Waals surface area contributed by atoms with Gasteiger partial charge in [-0.05, 0) is 56.4 Å². The monoisotopic (exact) mass is 514 g/mol. The van der Waals surface area contributed by atoms with Gasteiger partial charge in [-0.1, -0.05) is 6.58 Å².